The summed E-state index contributed by atoms with van der Waals surface area (Å²) in [4.78, 5) is 29.0. The first-order chi connectivity index (χ1) is 13.1. The van der Waals surface area contributed by atoms with Crippen LogP contribution in [0.5, 0.6) is 5.75 Å². The molecule has 2 amide bonds. The van der Waals surface area contributed by atoms with E-state index in [0.717, 1.165) is 0 Å². The molecule has 27 heavy (non-hydrogen) atoms. The van der Waals surface area contributed by atoms with E-state index in [1.807, 2.05) is 0 Å². The summed E-state index contributed by atoms with van der Waals surface area (Å²) >= 11 is 6.04. The topological polar surface area (TPSA) is 80.3 Å². The van der Waals surface area contributed by atoms with Gasteiger partial charge in [0.2, 0.25) is 0 Å². The molecule has 0 fully saturated rings. The van der Waals surface area contributed by atoms with Gasteiger partial charge in [0.05, 0.1) is 23.9 Å². The number of nitrogens with zero attached hydrogens (tertiary/aromatic N) is 1. The van der Waals surface area contributed by atoms with Crippen molar-refractivity contribution in [2.45, 2.75) is 0 Å². The summed E-state index contributed by atoms with van der Waals surface area (Å²) in [5.41, 5.74) is 1.56. The highest BCUT2D eigenvalue weighted by molar-refractivity contribution is 6.31. The van der Waals surface area contributed by atoms with Gasteiger partial charge in [-0.15, -0.1) is 0 Å². The van der Waals surface area contributed by atoms with Crippen LogP contribution in [0.4, 0.5) is 11.4 Å². The molecular formula is C20H16ClN3O3. The van der Waals surface area contributed by atoms with E-state index < -0.39 is 5.91 Å². The summed E-state index contributed by atoms with van der Waals surface area (Å²) in [6.45, 7) is 0. The van der Waals surface area contributed by atoms with Crippen molar-refractivity contribution in [1.29, 1.82) is 0 Å². The summed E-state index contributed by atoms with van der Waals surface area (Å²) in [7, 11) is 1.57. The van der Waals surface area contributed by atoms with E-state index in [1.54, 1.807) is 61.8 Å². The smallest absolute Gasteiger partial charge is 0.257 e. The molecule has 0 spiro atoms. The van der Waals surface area contributed by atoms with Gasteiger partial charge in [-0.2, -0.15) is 0 Å². The number of benzene rings is 2. The van der Waals surface area contributed by atoms with Crippen molar-refractivity contribution in [2.24, 2.45) is 0 Å². The van der Waals surface area contributed by atoms with E-state index in [2.05, 4.69) is 15.6 Å². The fraction of sp³-hybridized carbons (Fsp3) is 0.0500. The molecule has 0 radical (unpaired) electrons. The van der Waals surface area contributed by atoms with Crippen molar-refractivity contribution in [3.63, 3.8) is 0 Å². The zero-order chi connectivity index (χ0) is 19.2. The number of ether oxygens (including phenoxy) is 1. The molecule has 0 bridgehead atoms. The van der Waals surface area contributed by atoms with Crippen LogP contribution in [0, 0.1) is 0 Å². The largest absolute Gasteiger partial charge is 0.497 e. The number of pyridine rings is 1. The minimum absolute atomic E-state index is 0.246. The number of halogens is 1. The average Bonchev–Trinajstić information content (AvgIpc) is 2.70. The van der Waals surface area contributed by atoms with Gasteiger partial charge in [-0.05, 0) is 54.6 Å². The van der Waals surface area contributed by atoms with E-state index in [1.165, 1.54) is 12.3 Å². The number of carbonyl (C=O) groups is 2. The van der Waals surface area contributed by atoms with Gasteiger partial charge in [-0.25, -0.2) is 0 Å². The Bertz CT molecular complexity index is 960. The molecule has 2 aromatic carbocycles. The van der Waals surface area contributed by atoms with E-state index in [-0.39, 0.29) is 11.5 Å². The maximum absolute atomic E-state index is 12.7. The van der Waals surface area contributed by atoms with E-state index in [4.69, 9.17) is 16.3 Å². The Morgan fingerprint density at radius 2 is 1.78 bits per heavy atom. The second-order valence-corrected chi connectivity index (χ2v) is 6.00. The first kappa shape index (κ1) is 18.4. The predicted octanol–water partition coefficient (Wildman–Crippen LogP) is 4.25. The Balaban J connectivity index is 1.82. The van der Waals surface area contributed by atoms with Crippen molar-refractivity contribution in [3.8, 4) is 5.75 Å². The normalized spacial score (nSPS) is 10.1. The third kappa shape index (κ3) is 4.62. The van der Waals surface area contributed by atoms with Gasteiger partial charge < -0.3 is 15.4 Å². The molecule has 1 aromatic heterocycles. The van der Waals surface area contributed by atoms with Crippen molar-refractivity contribution in [1.82, 2.24) is 4.98 Å². The van der Waals surface area contributed by atoms with Crippen LogP contribution in [0.25, 0.3) is 0 Å². The Hall–Kier alpha value is -3.38. The lowest BCUT2D eigenvalue weighted by Gasteiger charge is -2.12. The van der Waals surface area contributed by atoms with Crippen molar-refractivity contribution in [2.75, 3.05) is 17.7 Å². The maximum Gasteiger partial charge on any atom is 0.257 e. The van der Waals surface area contributed by atoms with Crippen LogP contribution in [-0.4, -0.2) is 23.9 Å². The van der Waals surface area contributed by atoms with Gasteiger partial charge in [-0.1, -0.05) is 11.6 Å². The number of anilines is 2. The van der Waals surface area contributed by atoms with Crippen molar-refractivity contribution < 1.29 is 14.3 Å². The summed E-state index contributed by atoms with van der Waals surface area (Å²) in [6.07, 6.45) is 3.02. The molecule has 2 N–H and O–H groups in total. The third-order valence-electron chi connectivity index (χ3n) is 3.75. The van der Waals surface area contributed by atoms with Crippen LogP contribution >= 0.6 is 11.6 Å². The number of aromatic nitrogens is 1. The van der Waals surface area contributed by atoms with Crippen molar-refractivity contribution in [3.05, 3.63) is 83.1 Å². The molecule has 0 saturated heterocycles. The fourth-order valence-electron chi connectivity index (χ4n) is 2.38. The van der Waals surface area contributed by atoms with E-state index >= 15 is 0 Å². The summed E-state index contributed by atoms with van der Waals surface area (Å²) in [5, 5.41) is 5.88. The highest BCUT2D eigenvalue weighted by atomic mass is 35.5. The minimum Gasteiger partial charge on any atom is -0.497 e. The van der Waals surface area contributed by atoms with Crippen molar-refractivity contribution >= 4 is 34.8 Å². The van der Waals surface area contributed by atoms with E-state index in [9.17, 15) is 9.59 Å². The minimum atomic E-state index is -0.399. The van der Waals surface area contributed by atoms with Gasteiger partial charge in [-0.3, -0.25) is 14.6 Å². The number of hydrogen-bond acceptors (Lipinski definition) is 4. The quantitative estimate of drug-likeness (QED) is 0.692. The van der Waals surface area contributed by atoms with Gasteiger partial charge in [0.1, 0.15) is 5.75 Å². The fourth-order valence-corrected chi connectivity index (χ4v) is 2.55. The summed E-state index contributed by atoms with van der Waals surface area (Å²) in [5.74, 6) is -0.0896. The number of nitrogens with one attached hydrogen (secondary N) is 2. The SMILES string of the molecule is COc1ccc(NC(=O)c2cc(Cl)ccc2NC(=O)c2cccnc2)cc1. The Morgan fingerprint density at radius 3 is 2.44 bits per heavy atom. The number of methoxy groups -OCH3 is 1. The van der Waals surface area contributed by atoms with Gasteiger partial charge >= 0.3 is 0 Å². The highest BCUT2D eigenvalue weighted by Gasteiger charge is 2.15. The van der Waals surface area contributed by atoms with Crippen LogP contribution in [0.15, 0.2) is 67.0 Å². The molecule has 0 unspecified atom stereocenters. The lowest BCUT2D eigenvalue weighted by molar-refractivity contribution is 0.102. The number of rotatable bonds is 5. The third-order valence-corrected chi connectivity index (χ3v) is 3.98. The first-order valence-electron chi connectivity index (χ1n) is 8.03. The zero-order valence-electron chi connectivity index (χ0n) is 14.4. The molecule has 0 aliphatic heterocycles. The zero-order valence-corrected chi connectivity index (χ0v) is 15.2. The Labute approximate surface area is 161 Å². The Morgan fingerprint density at radius 1 is 1.00 bits per heavy atom. The molecule has 0 aliphatic carbocycles. The van der Waals surface area contributed by atoms with Crippen LogP contribution in [0.1, 0.15) is 20.7 Å². The second-order valence-electron chi connectivity index (χ2n) is 5.57. The van der Waals surface area contributed by atoms with Gasteiger partial charge in [0.25, 0.3) is 11.8 Å². The monoisotopic (exact) mass is 381 g/mol. The van der Waals surface area contributed by atoms with Gasteiger partial charge in [0.15, 0.2) is 0 Å². The molecule has 0 atom stereocenters. The molecule has 0 aliphatic rings. The van der Waals surface area contributed by atoms with Crippen LogP contribution < -0.4 is 15.4 Å². The van der Waals surface area contributed by atoms with Crippen LogP contribution in [-0.2, 0) is 0 Å². The predicted molar refractivity (Wildman–Crippen MR) is 105 cm³/mol. The molecule has 0 saturated carbocycles. The number of carbonyl (C=O) groups excluding carboxylic acids is 2. The second kappa shape index (κ2) is 8.33. The molecule has 136 valence electrons. The molecule has 3 aromatic rings. The van der Waals surface area contributed by atoms with Crippen LogP contribution in [0.2, 0.25) is 5.02 Å². The number of hydrogen-bond donors (Lipinski definition) is 2. The van der Waals surface area contributed by atoms with Crippen LogP contribution in [0.3, 0.4) is 0 Å². The number of amides is 2. The molecule has 6 nitrogen and oxygen atoms in total. The first-order valence-corrected chi connectivity index (χ1v) is 8.41. The molecular weight excluding hydrogens is 366 g/mol. The maximum atomic E-state index is 12.7. The van der Waals surface area contributed by atoms with E-state index in [0.29, 0.717) is 27.7 Å². The lowest BCUT2D eigenvalue weighted by atomic mass is 10.1. The van der Waals surface area contributed by atoms with Gasteiger partial charge in [0, 0.05) is 23.1 Å². The lowest BCUT2D eigenvalue weighted by Crippen LogP contribution is -2.18. The molecule has 3 rings (SSSR count). The Kier molecular flexibility index (Phi) is 5.68. The molecule has 1 heterocycles. The molecule has 7 heteroatoms. The summed E-state index contributed by atoms with van der Waals surface area (Å²) < 4.78 is 5.10. The summed E-state index contributed by atoms with van der Waals surface area (Å²) in [6, 6.07) is 14.9. The average molecular weight is 382 g/mol. The standard InChI is InChI=1S/C20H16ClN3O3/c1-27-16-7-5-15(6-8-16)23-20(26)17-11-14(21)4-9-18(17)24-19(25)13-3-2-10-22-12-13/h2-12H,1H3,(H,23,26)(H,24,25). The highest BCUT2D eigenvalue weighted by Crippen LogP contribution is 2.23.